The van der Waals surface area contributed by atoms with Crippen LogP contribution in [-0.2, 0) is 6.54 Å². The Kier molecular flexibility index (Phi) is 4.28. The molecule has 1 aliphatic heterocycles. The van der Waals surface area contributed by atoms with E-state index in [1.807, 2.05) is 0 Å². The van der Waals surface area contributed by atoms with Gasteiger partial charge in [-0.3, -0.25) is 9.88 Å². The van der Waals surface area contributed by atoms with E-state index in [0.29, 0.717) is 11.9 Å². The SMILES string of the molecule is Nc1cnc(CN2CCCCC2CCO)cn1. The van der Waals surface area contributed by atoms with Crippen molar-refractivity contribution >= 4 is 5.82 Å². The summed E-state index contributed by atoms with van der Waals surface area (Å²) >= 11 is 0. The second-order valence-electron chi connectivity index (χ2n) is 4.56. The van der Waals surface area contributed by atoms with Crippen LogP contribution in [0.25, 0.3) is 0 Å². The molecule has 0 bridgehead atoms. The van der Waals surface area contributed by atoms with Crippen molar-refractivity contribution < 1.29 is 5.11 Å². The summed E-state index contributed by atoms with van der Waals surface area (Å²) in [4.78, 5) is 10.7. The predicted molar refractivity (Wildman–Crippen MR) is 66.2 cm³/mol. The Morgan fingerprint density at radius 1 is 1.35 bits per heavy atom. The van der Waals surface area contributed by atoms with Crippen molar-refractivity contribution in [2.45, 2.75) is 38.3 Å². The van der Waals surface area contributed by atoms with E-state index in [0.717, 1.165) is 25.2 Å². The monoisotopic (exact) mass is 236 g/mol. The second kappa shape index (κ2) is 5.93. The number of piperidine rings is 1. The Bertz CT molecular complexity index is 339. The lowest BCUT2D eigenvalue weighted by Crippen LogP contribution is -2.39. The number of aliphatic hydroxyl groups is 1. The molecule has 5 heteroatoms. The number of hydrogen-bond acceptors (Lipinski definition) is 5. The molecule has 1 fully saturated rings. The van der Waals surface area contributed by atoms with E-state index in [-0.39, 0.29) is 6.61 Å². The van der Waals surface area contributed by atoms with Gasteiger partial charge in [0, 0.05) is 19.2 Å². The molecule has 0 aliphatic carbocycles. The molecule has 1 aliphatic rings. The van der Waals surface area contributed by atoms with Crippen LogP contribution >= 0.6 is 0 Å². The fourth-order valence-corrected chi connectivity index (χ4v) is 2.40. The Balaban J connectivity index is 1.97. The van der Waals surface area contributed by atoms with Gasteiger partial charge in [0.2, 0.25) is 0 Å². The van der Waals surface area contributed by atoms with Gasteiger partial charge in [-0.05, 0) is 25.8 Å². The Labute approximate surface area is 102 Å². The van der Waals surface area contributed by atoms with Gasteiger partial charge < -0.3 is 10.8 Å². The number of nitrogen functional groups attached to an aromatic ring is 1. The third-order valence-corrected chi connectivity index (χ3v) is 3.30. The number of hydrogen-bond donors (Lipinski definition) is 2. The lowest BCUT2D eigenvalue weighted by atomic mass is 9.99. The van der Waals surface area contributed by atoms with Crippen LogP contribution in [0.3, 0.4) is 0 Å². The molecular formula is C12H20N4O. The van der Waals surface area contributed by atoms with Crippen LogP contribution < -0.4 is 5.73 Å². The maximum atomic E-state index is 9.07. The molecule has 1 unspecified atom stereocenters. The maximum Gasteiger partial charge on any atom is 0.141 e. The van der Waals surface area contributed by atoms with E-state index in [1.54, 1.807) is 12.4 Å². The Morgan fingerprint density at radius 2 is 2.24 bits per heavy atom. The summed E-state index contributed by atoms with van der Waals surface area (Å²) in [5, 5.41) is 9.07. The smallest absolute Gasteiger partial charge is 0.141 e. The summed E-state index contributed by atoms with van der Waals surface area (Å²) in [6.45, 7) is 2.14. The van der Waals surface area contributed by atoms with E-state index in [9.17, 15) is 0 Å². The summed E-state index contributed by atoms with van der Waals surface area (Å²) in [6, 6.07) is 0.480. The minimum Gasteiger partial charge on any atom is -0.396 e. The van der Waals surface area contributed by atoms with Gasteiger partial charge in [-0.25, -0.2) is 4.98 Å². The number of aliphatic hydroxyl groups excluding tert-OH is 1. The average Bonchev–Trinajstić information content (AvgIpc) is 2.35. The highest BCUT2D eigenvalue weighted by Crippen LogP contribution is 2.21. The topological polar surface area (TPSA) is 75.3 Å². The van der Waals surface area contributed by atoms with Crippen molar-refractivity contribution in [3.8, 4) is 0 Å². The first-order valence-corrected chi connectivity index (χ1v) is 6.21. The first-order chi connectivity index (χ1) is 8.29. The van der Waals surface area contributed by atoms with Gasteiger partial charge in [-0.1, -0.05) is 6.42 Å². The van der Waals surface area contributed by atoms with Gasteiger partial charge >= 0.3 is 0 Å². The largest absolute Gasteiger partial charge is 0.396 e. The van der Waals surface area contributed by atoms with Gasteiger partial charge in [0.05, 0.1) is 18.1 Å². The first kappa shape index (κ1) is 12.3. The zero-order valence-corrected chi connectivity index (χ0v) is 10.0. The lowest BCUT2D eigenvalue weighted by Gasteiger charge is -2.35. The third kappa shape index (κ3) is 3.38. The number of rotatable bonds is 4. The van der Waals surface area contributed by atoms with Crippen LogP contribution in [-0.4, -0.2) is 39.2 Å². The van der Waals surface area contributed by atoms with E-state index < -0.39 is 0 Å². The molecular weight excluding hydrogens is 216 g/mol. The van der Waals surface area contributed by atoms with Crippen molar-refractivity contribution in [2.24, 2.45) is 0 Å². The molecule has 94 valence electrons. The number of anilines is 1. The lowest BCUT2D eigenvalue weighted by molar-refractivity contribution is 0.111. The minimum atomic E-state index is 0.259. The van der Waals surface area contributed by atoms with Gasteiger partial charge in [0.1, 0.15) is 5.82 Å². The quantitative estimate of drug-likeness (QED) is 0.808. The molecule has 1 aromatic heterocycles. The normalized spacial score (nSPS) is 21.6. The van der Waals surface area contributed by atoms with Gasteiger partial charge in [0.25, 0.3) is 0 Å². The van der Waals surface area contributed by atoms with Gasteiger partial charge in [-0.2, -0.15) is 0 Å². The van der Waals surface area contributed by atoms with E-state index >= 15 is 0 Å². The van der Waals surface area contributed by atoms with Crippen LogP contribution in [0.4, 0.5) is 5.82 Å². The Hall–Kier alpha value is -1.20. The average molecular weight is 236 g/mol. The molecule has 0 amide bonds. The van der Waals surface area contributed by atoms with Crippen molar-refractivity contribution in [2.75, 3.05) is 18.9 Å². The van der Waals surface area contributed by atoms with Crippen LogP contribution in [0.2, 0.25) is 0 Å². The van der Waals surface area contributed by atoms with Crippen molar-refractivity contribution in [1.29, 1.82) is 0 Å². The number of aromatic nitrogens is 2. The fraction of sp³-hybridized carbons (Fsp3) is 0.667. The third-order valence-electron chi connectivity index (χ3n) is 3.30. The summed E-state index contributed by atoms with van der Waals surface area (Å²) < 4.78 is 0. The molecule has 2 heterocycles. The molecule has 1 atom stereocenters. The standard InChI is InChI=1S/C12H20N4O/c13-12-8-14-10(7-15-12)9-16-5-2-1-3-11(16)4-6-17/h7-8,11,17H,1-6,9H2,(H2,13,15). The van der Waals surface area contributed by atoms with Crippen LogP contribution in [0, 0.1) is 0 Å². The van der Waals surface area contributed by atoms with Gasteiger partial charge in [-0.15, -0.1) is 0 Å². The molecule has 0 spiro atoms. The molecule has 1 saturated heterocycles. The molecule has 1 aromatic rings. The number of likely N-dealkylation sites (tertiary alicyclic amines) is 1. The zero-order valence-electron chi connectivity index (χ0n) is 10.0. The summed E-state index contributed by atoms with van der Waals surface area (Å²) in [7, 11) is 0. The van der Waals surface area contributed by atoms with Crippen molar-refractivity contribution in [3.63, 3.8) is 0 Å². The molecule has 0 radical (unpaired) electrons. The zero-order chi connectivity index (χ0) is 12.1. The summed E-state index contributed by atoms with van der Waals surface area (Å²) in [6.07, 6.45) is 7.84. The maximum absolute atomic E-state index is 9.07. The van der Waals surface area contributed by atoms with E-state index in [1.165, 1.54) is 19.3 Å². The molecule has 3 N–H and O–H groups in total. The molecule has 0 saturated carbocycles. The molecule has 0 aromatic carbocycles. The van der Waals surface area contributed by atoms with E-state index in [2.05, 4.69) is 14.9 Å². The highest BCUT2D eigenvalue weighted by molar-refractivity contribution is 5.22. The van der Waals surface area contributed by atoms with Crippen molar-refractivity contribution in [1.82, 2.24) is 14.9 Å². The van der Waals surface area contributed by atoms with Crippen molar-refractivity contribution in [3.05, 3.63) is 18.1 Å². The minimum absolute atomic E-state index is 0.259. The van der Waals surface area contributed by atoms with E-state index in [4.69, 9.17) is 10.8 Å². The molecule has 5 nitrogen and oxygen atoms in total. The summed E-state index contributed by atoms with van der Waals surface area (Å²) in [5.74, 6) is 0.458. The van der Waals surface area contributed by atoms with Gasteiger partial charge in [0.15, 0.2) is 0 Å². The van der Waals surface area contributed by atoms with Crippen LogP contribution in [0.5, 0.6) is 0 Å². The predicted octanol–water partition coefficient (Wildman–Crippen LogP) is 0.796. The first-order valence-electron chi connectivity index (χ1n) is 6.21. The number of nitrogens with two attached hydrogens (primary N) is 1. The summed E-state index contributed by atoms with van der Waals surface area (Å²) in [5.41, 5.74) is 6.46. The fourth-order valence-electron chi connectivity index (χ4n) is 2.40. The molecule has 2 rings (SSSR count). The molecule has 17 heavy (non-hydrogen) atoms. The number of nitrogens with zero attached hydrogens (tertiary/aromatic N) is 3. The highest BCUT2D eigenvalue weighted by atomic mass is 16.3. The van der Waals surface area contributed by atoms with Crippen LogP contribution in [0.1, 0.15) is 31.4 Å². The second-order valence-corrected chi connectivity index (χ2v) is 4.56. The highest BCUT2D eigenvalue weighted by Gasteiger charge is 2.22. The van der Waals surface area contributed by atoms with Crippen LogP contribution in [0.15, 0.2) is 12.4 Å². The Morgan fingerprint density at radius 3 is 2.94 bits per heavy atom.